The number of hydrogen-bond acceptors (Lipinski definition) is 4. The molecule has 0 spiro atoms. The lowest BCUT2D eigenvalue weighted by atomic mass is 9.67. The highest BCUT2D eigenvalue weighted by molar-refractivity contribution is 5.51. The van der Waals surface area contributed by atoms with Crippen LogP contribution in [0.2, 0.25) is 0 Å². The molecule has 0 saturated heterocycles. The van der Waals surface area contributed by atoms with Crippen LogP contribution < -0.4 is 4.74 Å². The highest BCUT2D eigenvalue weighted by Gasteiger charge is 2.33. The second-order valence-corrected chi connectivity index (χ2v) is 8.23. The Kier molecular flexibility index (Phi) is 8.24. The minimum atomic E-state index is -0.0895. The largest absolute Gasteiger partial charge is 0.388 e. The smallest absolute Gasteiger partial charge is 0.292 e. The van der Waals surface area contributed by atoms with Crippen molar-refractivity contribution in [1.29, 1.82) is 5.26 Å². The first-order valence-electron chi connectivity index (χ1n) is 11.1. The first-order valence-corrected chi connectivity index (χ1v) is 11.1. The zero-order valence-corrected chi connectivity index (χ0v) is 17.6. The van der Waals surface area contributed by atoms with E-state index in [0.717, 1.165) is 12.8 Å². The van der Waals surface area contributed by atoms with E-state index in [4.69, 9.17) is 10.00 Å². The second kappa shape index (κ2) is 11.3. The number of benzene rings is 2. The summed E-state index contributed by atoms with van der Waals surface area (Å²) >= 11 is 0. The molecule has 30 heavy (non-hydrogen) atoms. The third-order valence-electron chi connectivity index (χ3n) is 6.37. The van der Waals surface area contributed by atoms with E-state index in [2.05, 4.69) is 29.3 Å². The fraction of sp³-hybridized carbons (Fsp3) is 0.462. The van der Waals surface area contributed by atoms with E-state index < -0.39 is 0 Å². The van der Waals surface area contributed by atoms with E-state index in [9.17, 15) is 4.79 Å². The lowest BCUT2D eigenvalue weighted by molar-refractivity contribution is 0.382. The van der Waals surface area contributed by atoms with Crippen molar-refractivity contribution in [1.82, 2.24) is 0 Å². The summed E-state index contributed by atoms with van der Waals surface area (Å²) in [6.45, 7) is 0. The average molecular weight is 403 g/mol. The molecule has 0 N–H and O–H groups in total. The lowest BCUT2D eigenvalue weighted by Crippen LogP contribution is -2.28. The summed E-state index contributed by atoms with van der Waals surface area (Å²) in [5, 5.41) is 8.80. The zero-order chi connectivity index (χ0) is 21.1. The summed E-state index contributed by atoms with van der Waals surface area (Å²) in [6.07, 6.45) is 17.1. The number of aliphatic imine (C=N–C) groups is 1. The normalized spacial score (nSPS) is 17.4. The molecular formula is C26H30N2O2. The van der Waals surface area contributed by atoms with E-state index >= 15 is 0 Å². The van der Waals surface area contributed by atoms with Crippen LogP contribution in [0.4, 0.5) is 5.69 Å². The molecule has 1 aliphatic rings. The van der Waals surface area contributed by atoms with E-state index in [1.54, 1.807) is 12.3 Å². The number of nitrogens with zero attached hydrogens (tertiary/aromatic N) is 2. The highest BCUT2D eigenvalue weighted by Crippen LogP contribution is 2.43. The third-order valence-corrected chi connectivity index (χ3v) is 6.37. The van der Waals surface area contributed by atoms with Crippen LogP contribution in [0.15, 0.2) is 53.5 Å². The summed E-state index contributed by atoms with van der Waals surface area (Å²) in [7, 11) is 0. The van der Waals surface area contributed by atoms with Crippen LogP contribution in [0, 0.1) is 11.5 Å². The molecule has 0 unspecified atom stereocenters. The van der Waals surface area contributed by atoms with Crippen LogP contribution in [-0.4, -0.2) is 6.08 Å². The Bertz CT molecular complexity index is 863. The van der Waals surface area contributed by atoms with Crippen molar-refractivity contribution in [2.24, 2.45) is 4.99 Å². The molecular weight excluding hydrogens is 372 g/mol. The molecule has 0 aromatic heterocycles. The van der Waals surface area contributed by atoms with Gasteiger partial charge in [0.25, 0.3) is 6.26 Å². The van der Waals surface area contributed by atoms with E-state index in [0.29, 0.717) is 11.4 Å². The molecule has 4 heteroatoms. The van der Waals surface area contributed by atoms with Gasteiger partial charge in [-0.25, -0.2) is 4.79 Å². The van der Waals surface area contributed by atoms with Crippen molar-refractivity contribution >= 4 is 11.8 Å². The Hall–Kier alpha value is -2.89. The maximum absolute atomic E-state index is 10.6. The zero-order valence-electron chi connectivity index (χ0n) is 17.6. The molecule has 2 aromatic rings. The highest BCUT2D eigenvalue weighted by atomic mass is 16.5. The van der Waals surface area contributed by atoms with Gasteiger partial charge in [0.15, 0.2) is 0 Å². The Labute approximate surface area is 179 Å². The molecule has 2 aromatic carbocycles. The van der Waals surface area contributed by atoms with E-state index in [1.807, 2.05) is 24.3 Å². The molecule has 0 amide bonds. The molecule has 1 fully saturated rings. The second-order valence-electron chi connectivity index (χ2n) is 8.23. The molecule has 0 radical (unpaired) electrons. The predicted molar refractivity (Wildman–Crippen MR) is 118 cm³/mol. The van der Waals surface area contributed by atoms with Gasteiger partial charge < -0.3 is 4.74 Å². The molecule has 1 saturated carbocycles. The van der Waals surface area contributed by atoms with Gasteiger partial charge in [0.1, 0.15) is 5.75 Å². The Morgan fingerprint density at radius 1 is 0.733 bits per heavy atom. The number of carbonyl (C=O) groups excluding carboxylic acids is 1. The van der Waals surface area contributed by atoms with Crippen molar-refractivity contribution in [3.63, 3.8) is 0 Å². The lowest BCUT2D eigenvalue weighted by Gasteiger charge is -2.36. The summed E-state index contributed by atoms with van der Waals surface area (Å²) in [4.78, 5) is 14.4. The molecule has 0 bridgehead atoms. The number of isocyanates is 1. The topological polar surface area (TPSA) is 62.4 Å². The fourth-order valence-corrected chi connectivity index (χ4v) is 4.76. The van der Waals surface area contributed by atoms with Gasteiger partial charge in [-0.1, -0.05) is 82.1 Å². The van der Waals surface area contributed by atoms with E-state index in [-0.39, 0.29) is 5.41 Å². The SMILES string of the molecule is N#COc1ccc(C2(c3ccc(N=C=O)cc3)CCCCCCCCCCC2)cc1. The van der Waals surface area contributed by atoms with Crippen LogP contribution in [0.5, 0.6) is 5.75 Å². The molecule has 3 rings (SSSR count). The Morgan fingerprint density at radius 2 is 1.20 bits per heavy atom. The molecule has 0 heterocycles. The molecule has 4 nitrogen and oxygen atoms in total. The van der Waals surface area contributed by atoms with Crippen molar-refractivity contribution < 1.29 is 9.53 Å². The van der Waals surface area contributed by atoms with E-state index in [1.165, 1.54) is 68.9 Å². The quantitative estimate of drug-likeness (QED) is 0.311. The predicted octanol–water partition coefficient (Wildman–Crippen LogP) is 7.10. The maximum atomic E-state index is 10.6. The maximum Gasteiger partial charge on any atom is 0.292 e. The van der Waals surface area contributed by atoms with Gasteiger partial charge in [-0.15, -0.1) is 5.26 Å². The van der Waals surface area contributed by atoms with Crippen LogP contribution in [-0.2, 0) is 10.2 Å². The van der Waals surface area contributed by atoms with Gasteiger partial charge in [0.05, 0.1) is 5.69 Å². The molecule has 0 atom stereocenters. The van der Waals surface area contributed by atoms with Crippen LogP contribution in [0.3, 0.4) is 0 Å². The summed E-state index contributed by atoms with van der Waals surface area (Å²) in [5.41, 5.74) is 3.07. The first kappa shape index (κ1) is 21.8. The fourth-order valence-electron chi connectivity index (χ4n) is 4.76. The van der Waals surface area contributed by atoms with Gasteiger partial charge >= 0.3 is 0 Å². The standard InChI is InChI=1S/C26H30N2O2/c27-20-30-25-16-12-23(13-17-25)26(22-10-14-24(15-11-22)28-21-29)18-8-6-4-2-1-3-5-7-9-19-26/h10-17H,1-9,18-19H2. The van der Waals surface area contributed by atoms with Gasteiger partial charge in [0, 0.05) is 5.41 Å². The number of ether oxygens (including phenoxy) is 1. The van der Waals surface area contributed by atoms with Crippen molar-refractivity contribution in [2.75, 3.05) is 0 Å². The number of rotatable bonds is 4. The minimum Gasteiger partial charge on any atom is -0.388 e. The van der Waals surface area contributed by atoms with Gasteiger partial charge in [0.2, 0.25) is 6.08 Å². The summed E-state index contributed by atoms with van der Waals surface area (Å²) < 4.78 is 5.00. The first-order chi connectivity index (χ1) is 14.8. The van der Waals surface area contributed by atoms with Crippen molar-refractivity contribution in [3.8, 4) is 12.0 Å². The molecule has 156 valence electrons. The van der Waals surface area contributed by atoms with Crippen LogP contribution in [0.25, 0.3) is 0 Å². The van der Waals surface area contributed by atoms with Gasteiger partial charge in [-0.3, -0.25) is 0 Å². The van der Waals surface area contributed by atoms with Crippen LogP contribution in [0.1, 0.15) is 81.8 Å². The summed E-state index contributed by atoms with van der Waals surface area (Å²) in [6, 6.07) is 16.0. The van der Waals surface area contributed by atoms with Gasteiger partial charge in [-0.05, 0) is 48.2 Å². The summed E-state index contributed by atoms with van der Waals surface area (Å²) in [5.74, 6) is 0.570. The molecule has 0 aliphatic heterocycles. The monoisotopic (exact) mass is 402 g/mol. The van der Waals surface area contributed by atoms with Crippen molar-refractivity contribution in [3.05, 3.63) is 59.7 Å². The Balaban J connectivity index is 2.00. The average Bonchev–Trinajstić information content (AvgIpc) is 2.76. The van der Waals surface area contributed by atoms with Gasteiger partial charge in [-0.2, -0.15) is 4.99 Å². The number of nitriles is 1. The van der Waals surface area contributed by atoms with Crippen molar-refractivity contribution in [2.45, 2.75) is 76.0 Å². The minimum absolute atomic E-state index is 0.0895. The number of hydrogen-bond donors (Lipinski definition) is 0. The Morgan fingerprint density at radius 3 is 1.67 bits per heavy atom. The molecule has 1 aliphatic carbocycles. The van der Waals surface area contributed by atoms with Crippen LogP contribution >= 0.6 is 0 Å². The third kappa shape index (κ3) is 5.59.